The number of anilines is 1. The molecule has 1 aromatic carbocycles. The fourth-order valence-electron chi connectivity index (χ4n) is 3.33. The Bertz CT molecular complexity index is 764. The molecule has 1 aromatic heterocycles. The molecule has 26 heavy (non-hydrogen) atoms. The number of alkyl halides is 3. The van der Waals surface area contributed by atoms with Crippen molar-refractivity contribution < 1.29 is 17.9 Å². The minimum absolute atomic E-state index is 0.157. The summed E-state index contributed by atoms with van der Waals surface area (Å²) >= 11 is 0. The van der Waals surface area contributed by atoms with Gasteiger partial charge in [0.25, 0.3) is 0 Å². The van der Waals surface area contributed by atoms with Crippen LogP contribution in [0.5, 0.6) is 5.75 Å². The monoisotopic (exact) mass is 365 g/mol. The molecule has 1 saturated heterocycles. The van der Waals surface area contributed by atoms with Crippen LogP contribution in [0, 0.1) is 0 Å². The van der Waals surface area contributed by atoms with E-state index in [1.807, 2.05) is 11.8 Å². The van der Waals surface area contributed by atoms with Gasteiger partial charge in [-0.05, 0) is 43.9 Å². The lowest BCUT2D eigenvalue weighted by molar-refractivity contribution is -0.141. The van der Waals surface area contributed by atoms with Crippen LogP contribution < -0.4 is 9.64 Å². The predicted molar refractivity (Wildman–Crippen MR) is 94.3 cm³/mol. The lowest BCUT2D eigenvalue weighted by Crippen LogP contribution is -2.40. The van der Waals surface area contributed by atoms with Crippen LogP contribution in [0.4, 0.5) is 19.1 Å². The zero-order valence-electron chi connectivity index (χ0n) is 14.9. The van der Waals surface area contributed by atoms with E-state index in [9.17, 15) is 13.2 Å². The lowest BCUT2D eigenvalue weighted by Gasteiger charge is -2.35. The van der Waals surface area contributed by atoms with Crippen LogP contribution >= 0.6 is 0 Å². The fraction of sp³-hybridized carbons (Fsp3) is 0.474. The number of ether oxygens (including phenoxy) is 1. The topological polar surface area (TPSA) is 38.2 Å². The van der Waals surface area contributed by atoms with Crippen molar-refractivity contribution in [2.24, 2.45) is 0 Å². The van der Waals surface area contributed by atoms with E-state index in [0.29, 0.717) is 17.9 Å². The quantitative estimate of drug-likeness (QED) is 0.769. The molecule has 0 radical (unpaired) electrons. The highest BCUT2D eigenvalue weighted by atomic mass is 19.4. The SMILES string of the molecule is CCC1CCCCN1c1nc(-c2cccc(OC)c2)cc(C(F)(F)F)n1. The first-order chi connectivity index (χ1) is 12.4. The zero-order chi connectivity index (χ0) is 18.7. The Labute approximate surface area is 151 Å². The summed E-state index contributed by atoms with van der Waals surface area (Å²) < 4.78 is 45.4. The van der Waals surface area contributed by atoms with Crippen molar-refractivity contribution in [3.8, 4) is 17.0 Å². The van der Waals surface area contributed by atoms with Crippen LogP contribution in [0.2, 0.25) is 0 Å². The van der Waals surface area contributed by atoms with E-state index >= 15 is 0 Å². The minimum atomic E-state index is -4.52. The van der Waals surface area contributed by atoms with Crippen LogP contribution in [-0.2, 0) is 6.18 Å². The van der Waals surface area contributed by atoms with Crippen molar-refractivity contribution in [3.05, 3.63) is 36.0 Å². The summed E-state index contributed by atoms with van der Waals surface area (Å²) in [4.78, 5) is 10.2. The molecule has 1 unspecified atom stereocenters. The van der Waals surface area contributed by atoms with Crippen molar-refractivity contribution in [3.63, 3.8) is 0 Å². The van der Waals surface area contributed by atoms with Crippen molar-refractivity contribution in [1.82, 2.24) is 9.97 Å². The summed E-state index contributed by atoms with van der Waals surface area (Å²) in [5.74, 6) is 0.727. The Morgan fingerprint density at radius 2 is 2.00 bits per heavy atom. The van der Waals surface area contributed by atoms with Crippen molar-refractivity contribution in [2.75, 3.05) is 18.6 Å². The summed E-state index contributed by atoms with van der Waals surface area (Å²) in [5, 5.41) is 0. The lowest BCUT2D eigenvalue weighted by atomic mass is 10.0. The number of piperidine rings is 1. The van der Waals surface area contributed by atoms with E-state index in [1.165, 1.54) is 7.11 Å². The van der Waals surface area contributed by atoms with Gasteiger partial charge in [-0.15, -0.1) is 0 Å². The van der Waals surface area contributed by atoms with Gasteiger partial charge in [0.15, 0.2) is 5.69 Å². The third-order valence-corrected chi connectivity index (χ3v) is 4.73. The summed E-state index contributed by atoms with van der Waals surface area (Å²) in [6.07, 6.45) is -0.706. The van der Waals surface area contributed by atoms with Gasteiger partial charge in [-0.25, -0.2) is 9.97 Å². The van der Waals surface area contributed by atoms with Gasteiger partial charge in [-0.1, -0.05) is 19.1 Å². The number of rotatable bonds is 4. The second-order valence-corrected chi connectivity index (χ2v) is 6.42. The molecule has 0 spiro atoms. The summed E-state index contributed by atoms with van der Waals surface area (Å²) in [6, 6.07) is 8.06. The van der Waals surface area contributed by atoms with Gasteiger partial charge in [0.1, 0.15) is 5.75 Å². The summed E-state index contributed by atoms with van der Waals surface area (Å²) in [7, 11) is 1.52. The first-order valence-electron chi connectivity index (χ1n) is 8.79. The second-order valence-electron chi connectivity index (χ2n) is 6.42. The van der Waals surface area contributed by atoms with Gasteiger partial charge in [0.05, 0.1) is 12.8 Å². The van der Waals surface area contributed by atoms with Gasteiger partial charge in [0.2, 0.25) is 5.95 Å². The van der Waals surface area contributed by atoms with Gasteiger partial charge >= 0.3 is 6.18 Å². The highest BCUT2D eigenvalue weighted by Crippen LogP contribution is 2.34. The Kier molecular flexibility index (Phi) is 5.34. The molecule has 0 aliphatic carbocycles. The van der Waals surface area contributed by atoms with E-state index < -0.39 is 11.9 Å². The van der Waals surface area contributed by atoms with E-state index in [1.54, 1.807) is 24.3 Å². The first-order valence-corrected chi connectivity index (χ1v) is 8.79. The van der Waals surface area contributed by atoms with Gasteiger partial charge in [-0.3, -0.25) is 0 Å². The number of hydrogen-bond acceptors (Lipinski definition) is 4. The molecule has 1 aliphatic rings. The molecule has 2 aromatic rings. The van der Waals surface area contributed by atoms with Crippen LogP contribution in [-0.4, -0.2) is 29.7 Å². The number of nitrogens with zero attached hydrogens (tertiary/aromatic N) is 3. The molecular weight excluding hydrogens is 343 g/mol. The Hall–Kier alpha value is -2.31. The number of hydrogen-bond donors (Lipinski definition) is 0. The van der Waals surface area contributed by atoms with Crippen LogP contribution in [0.1, 0.15) is 38.3 Å². The summed E-state index contributed by atoms with van der Waals surface area (Å²) in [5.41, 5.74) is -0.0917. The third kappa shape index (κ3) is 3.92. The van der Waals surface area contributed by atoms with E-state index in [2.05, 4.69) is 9.97 Å². The third-order valence-electron chi connectivity index (χ3n) is 4.73. The van der Waals surface area contributed by atoms with Gasteiger partial charge in [-0.2, -0.15) is 13.2 Å². The van der Waals surface area contributed by atoms with Gasteiger partial charge < -0.3 is 9.64 Å². The number of aromatic nitrogens is 2. The maximum Gasteiger partial charge on any atom is 0.433 e. The molecule has 4 nitrogen and oxygen atoms in total. The minimum Gasteiger partial charge on any atom is -0.497 e. The standard InChI is InChI=1S/C19H22F3N3O/c1-3-14-8-4-5-10-25(14)18-23-16(12-17(24-18)19(20,21)22)13-7-6-9-15(11-13)26-2/h6-7,9,11-12,14H,3-5,8,10H2,1-2H3. The Morgan fingerprint density at radius 3 is 2.69 bits per heavy atom. The normalized spacial score (nSPS) is 18.0. The smallest absolute Gasteiger partial charge is 0.433 e. The molecule has 1 aliphatic heterocycles. The molecule has 0 bridgehead atoms. The van der Waals surface area contributed by atoms with E-state index in [-0.39, 0.29) is 17.7 Å². The summed E-state index contributed by atoms with van der Waals surface area (Å²) in [6.45, 7) is 2.72. The van der Waals surface area contributed by atoms with E-state index in [0.717, 1.165) is 31.7 Å². The van der Waals surface area contributed by atoms with Gasteiger partial charge in [0, 0.05) is 18.2 Å². The van der Waals surface area contributed by atoms with Crippen molar-refractivity contribution in [1.29, 1.82) is 0 Å². The molecule has 1 fully saturated rings. The largest absolute Gasteiger partial charge is 0.497 e. The maximum atomic E-state index is 13.4. The van der Waals surface area contributed by atoms with Crippen LogP contribution in [0.25, 0.3) is 11.3 Å². The average molecular weight is 365 g/mol. The van der Waals surface area contributed by atoms with Crippen LogP contribution in [0.15, 0.2) is 30.3 Å². The number of methoxy groups -OCH3 is 1. The molecule has 3 rings (SSSR count). The van der Waals surface area contributed by atoms with E-state index in [4.69, 9.17) is 4.74 Å². The first kappa shape index (κ1) is 18.5. The number of halogens is 3. The fourth-order valence-corrected chi connectivity index (χ4v) is 3.33. The Balaban J connectivity index is 2.09. The highest BCUT2D eigenvalue weighted by molar-refractivity contribution is 5.63. The molecule has 7 heteroatoms. The molecule has 0 saturated carbocycles. The average Bonchev–Trinajstić information content (AvgIpc) is 2.67. The molecule has 140 valence electrons. The maximum absolute atomic E-state index is 13.4. The second kappa shape index (κ2) is 7.51. The zero-order valence-corrected chi connectivity index (χ0v) is 14.9. The molecular formula is C19H22F3N3O. The van der Waals surface area contributed by atoms with Crippen LogP contribution in [0.3, 0.4) is 0 Å². The Morgan fingerprint density at radius 1 is 1.19 bits per heavy atom. The highest BCUT2D eigenvalue weighted by Gasteiger charge is 2.35. The molecule has 2 heterocycles. The van der Waals surface area contributed by atoms with Crippen molar-refractivity contribution >= 4 is 5.95 Å². The molecule has 0 amide bonds. The predicted octanol–water partition coefficient (Wildman–Crippen LogP) is 4.94. The molecule has 1 atom stereocenters. The molecule has 0 N–H and O–H groups in total. The van der Waals surface area contributed by atoms with Crippen molar-refractivity contribution in [2.45, 2.75) is 44.8 Å². The number of benzene rings is 1.